The summed E-state index contributed by atoms with van der Waals surface area (Å²) in [7, 11) is -0.959. The molecule has 5 nitrogen and oxygen atoms in total. The summed E-state index contributed by atoms with van der Waals surface area (Å²) in [5.41, 5.74) is 4.94. The summed E-state index contributed by atoms with van der Waals surface area (Å²) >= 11 is 0. The van der Waals surface area contributed by atoms with Gasteiger partial charge in [-0.3, -0.25) is 0 Å². The van der Waals surface area contributed by atoms with E-state index in [2.05, 4.69) is 133 Å². The van der Waals surface area contributed by atoms with Crippen molar-refractivity contribution in [1.82, 2.24) is 0 Å². The average molecular weight is 572 g/mol. The molecule has 4 aromatic carbocycles. The van der Waals surface area contributed by atoms with Crippen LogP contribution in [0.25, 0.3) is 11.1 Å². The van der Waals surface area contributed by atoms with E-state index in [1.165, 1.54) is 0 Å². The van der Waals surface area contributed by atoms with E-state index in [1.54, 1.807) is 0 Å². The maximum absolute atomic E-state index is 7.31. The lowest BCUT2D eigenvalue weighted by atomic mass is 9.70. The quantitative estimate of drug-likeness (QED) is 0.271. The molecule has 0 aliphatic carbocycles. The van der Waals surface area contributed by atoms with Gasteiger partial charge in [0.15, 0.2) is 5.60 Å². The molecular formula is C36H38B2O5. The molecule has 43 heavy (non-hydrogen) atoms. The second-order valence-electron chi connectivity index (χ2n) is 13.5. The van der Waals surface area contributed by atoms with E-state index in [-0.39, 0.29) is 11.7 Å². The normalized spacial score (nSPS) is 22.5. The Labute approximate surface area is 255 Å². The molecule has 0 radical (unpaired) electrons. The fraction of sp³-hybridized carbons (Fsp3) is 0.333. The number of fused-ring (bicyclic) bond motifs is 3. The Hall–Kier alpha value is -3.35. The zero-order valence-electron chi connectivity index (χ0n) is 26.0. The molecule has 0 N–H and O–H groups in total. The molecule has 4 aromatic rings. The van der Waals surface area contributed by atoms with E-state index >= 15 is 0 Å². The SMILES string of the molecule is CC1OB(c2ccc3c(c2)C(c2ccccc2)(c2ccccc2)Oc2cc(B4OC(C)(C)C(C)(C)O4)ccc2-3)OC1(C)C. The highest BCUT2D eigenvalue weighted by molar-refractivity contribution is 6.62. The molecule has 7 rings (SSSR count). The number of hydrogen-bond acceptors (Lipinski definition) is 5. The molecule has 3 heterocycles. The third-order valence-corrected chi connectivity index (χ3v) is 9.86. The maximum atomic E-state index is 7.31. The molecule has 2 fully saturated rings. The van der Waals surface area contributed by atoms with Crippen LogP contribution in [-0.4, -0.2) is 37.1 Å². The van der Waals surface area contributed by atoms with Gasteiger partial charge in [-0.05, 0) is 71.0 Å². The summed E-state index contributed by atoms with van der Waals surface area (Å²) in [6, 6.07) is 33.7. The first-order valence-electron chi connectivity index (χ1n) is 15.2. The van der Waals surface area contributed by atoms with Crippen molar-refractivity contribution in [2.75, 3.05) is 0 Å². The topological polar surface area (TPSA) is 46.2 Å². The van der Waals surface area contributed by atoms with Gasteiger partial charge in [-0.2, -0.15) is 0 Å². The van der Waals surface area contributed by atoms with Gasteiger partial charge >= 0.3 is 14.2 Å². The third kappa shape index (κ3) is 4.48. The Morgan fingerprint density at radius 3 is 1.65 bits per heavy atom. The molecule has 0 aromatic heterocycles. The van der Waals surface area contributed by atoms with Gasteiger partial charge in [0.05, 0.1) is 22.9 Å². The van der Waals surface area contributed by atoms with Crippen molar-refractivity contribution in [3.63, 3.8) is 0 Å². The molecule has 7 heteroatoms. The highest BCUT2D eigenvalue weighted by Gasteiger charge is 2.53. The number of benzene rings is 4. The maximum Gasteiger partial charge on any atom is 0.494 e. The standard InChI is InChI=1S/C36H38B2O5/c1-24-33(2,3)41-37(40-24)27-18-20-29-30-21-19-28(38-42-34(4,5)35(6,7)43-38)23-32(30)39-36(31(29)22-27,25-14-10-8-11-15-25)26-16-12-9-13-17-26/h8-24H,1-7H3. The number of rotatable bonds is 4. The van der Waals surface area contributed by atoms with E-state index in [0.29, 0.717) is 0 Å². The van der Waals surface area contributed by atoms with E-state index < -0.39 is 31.0 Å². The first-order valence-corrected chi connectivity index (χ1v) is 15.2. The van der Waals surface area contributed by atoms with Crippen LogP contribution >= 0.6 is 0 Å². The Bertz CT molecular complexity index is 1610. The van der Waals surface area contributed by atoms with Gasteiger partial charge in [-0.15, -0.1) is 0 Å². The summed E-state index contributed by atoms with van der Waals surface area (Å²) in [6.45, 7) is 14.5. The van der Waals surface area contributed by atoms with Crippen LogP contribution in [0.4, 0.5) is 0 Å². The first-order chi connectivity index (χ1) is 20.4. The third-order valence-electron chi connectivity index (χ3n) is 9.86. The molecule has 1 unspecified atom stereocenters. The van der Waals surface area contributed by atoms with Gasteiger partial charge in [-0.25, -0.2) is 0 Å². The minimum atomic E-state index is -0.921. The highest BCUT2D eigenvalue weighted by Crippen LogP contribution is 2.51. The Balaban J connectivity index is 1.43. The van der Waals surface area contributed by atoms with Crippen LogP contribution in [0, 0.1) is 0 Å². The predicted molar refractivity (Wildman–Crippen MR) is 172 cm³/mol. The summed E-state index contributed by atoms with van der Waals surface area (Å²) < 4.78 is 32.9. The van der Waals surface area contributed by atoms with Crippen molar-refractivity contribution in [2.45, 2.75) is 77.0 Å². The molecule has 2 saturated heterocycles. The average Bonchev–Trinajstić information content (AvgIpc) is 3.40. The smallest absolute Gasteiger partial charge is 0.472 e. The van der Waals surface area contributed by atoms with Crippen LogP contribution in [0.5, 0.6) is 5.75 Å². The second kappa shape index (κ2) is 9.83. The van der Waals surface area contributed by atoms with Crippen LogP contribution in [0.15, 0.2) is 97.1 Å². The fourth-order valence-electron chi connectivity index (χ4n) is 6.26. The van der Waals surface area contributed by atoms with Crippen LogP contribution in [-0.2, 0) is 24.2 Å². The molecule has 0 amide bonds. The zero-order valence-corrected chi connectivity index (χ0v) is 26.0. The van der Waals surface area contributed by atoms with Crippen LogP contribution in [0.1, 0.15) is 65.2 Å². The lowest BCUT2D eigenvalue weighted by Gasteiger charge is -2.42. The van der Waals surface area contributed by atoms with Gasteiger partial charge in [0.2, 0.25) is 0 Å². The molecule has 0 spiro atoms. The first kappa shape index (κ1) is 28.4. The largest absolute Gasteiger partial charge is 0.494 e. The molecule has 0 saturated carbocycles. The van der Waals surface area contributed by atoms with Crippen molar-refractivity contribution >= 4 is 25.2 Å². The summed E-state index contributed by atoms with van der Waals surface area (Å²) in [6.07, 6.45) is -0.0353. The number of ether oxygens (including phenoxy) is 1. The van der Waals surface area contributed by atoms with Crippen molar-refractivity contribution in [1.29, 1.82) is 0 Å². The van der Waals surface area contributed by atoms with Gasteiger partial charge in [0.1, 0.15) is 5.75 Å². The predicted octanol–water partition coefficient (Wildman–Crippen LogP) is 6.25. The molecule has 3 aliphatic rings. The van der Waals surface area contributed by atoms with Gasteiger partial charge in [-0.1, -0.05) is 91.0 Å². The summed E-state index contributed by atoms with van der Waals surface area (Å²) in [5.74, 6) is 0.781. The fourth-order valence-corrected chi connectivity index (χ4v) is 6.26. The molecule has 3 aliphatic heterocycles. The molecular weight excluding hydrogens is 534 g/mol. The minimum Gasteiger partial charge on any atom is -0.472 e. The Kier molecular flexibility index (Phi) is 6.50. The lowest BCUT2D eigenvalue weighted by molar-refractivity contribution is 0.00578. The van der Waals surface area contributed by atoms with Crippen LogP contribution in [0.2, 0.25) is 0 Å². The van der Waals surface area contributed by atoms with Crippen molar-refractivity contribution in [2.24, 2.45) is 0 Å². The van der Waals surface area contributed by atoms with Crippen molar-refractivity contribution in [3.8, 4) is 16.9 Å². The summed E-state index contributed by atoms with van der Waals surface area (Å²) in [4.78, 5) is 0. The highest BCUT2D eigenvalue weighted by atomic mass is 16.7. The monoisotopic (exact) mass is 572 g/mol. The van der Waals surface area contributed by atoms with E-state index in [0.717, 1.165) is 44.5 Å². The molecule has 0 bridgehead atoms. The van der Waals surface area contributed by atoms with E-state index in [4.69, 9.17) is 23.4 Å². The Morgan fingerprint density at radius 1 is 0.581 bits per heavy atom. The summed E-state index contributed by atoms with van der Waals surface area (Å²) in [5, 5.41) is 0. The minimum absolute atomic E-state index is 0.0353. The van der Waals surface area contributed by atoms with E-state index in [9.17, 15) is 0 Å². The van der Waals surface area contributed by atoms with Gasteiger partial charge < -0.3 is 23.4 Å². The van der Waals surface area contributed by atoms with Crippen LogP contribution in [0.3, 0.4) is 0 Å². The van der Waals surface area contributed by atoms with Crippen molar-refractivity contribution < 1.29 is 23.4 Å². The molecule has 1 atom stereocenters. The lowest BCUT2D eigenvalue weighted by Crippen LogP contribution is -2.42. The van der Waals surface area contributed by atoms with Gasteiger partial charge in [0, 0.05) is 22.3 Å². The van der Waals surface area contributed by atoms with E-state index in [1.807, 2.05) is 12.1 Å². The Morgan fingerprint density at radius 2 is 1.12 bits per heavy atom. The van der Waals surface area contributed by atoms with Gasteiger partial charge in [0.25, 0.3) is 0 Å². The second-order valence-corrected chi connectivity index (χ2v) is 13.5. The van der Waals surface area contributed by atoms with Crippen molar-refractivity contribution in [3.05, 3.63) is 114 Å². The zero-order chi connectivity index (χ0) is 30.2. The number of hydrogen-bond donors (Lipinski definition) is 0. The van der Waals surface area contributed by atoms with Crippen LogP contribution < -0.4 is 15.7 Å². The molecule has 218 valence electrons.